The van der Waals surface area contributed by atoms with E-state index in [1.807, 2.05) is 0 Å². The number of hydrogen-bond donors (Lipinski definition) is 3. The first-order valence-electron chi connectivity index (χ1n) is 6.87. The fourth-order valence-corrected chi connectivity index (χ4v) is 1.94. The van der Waals surface area contributed by atoms with Crippen LogP contribution in [0.5, 0.6) is 0 Å². The molecule has 0 radical (unpaired) electrons. The molecule has 128 valence electrons. The summed E-state index contributed by atoms with van der Waals surface area (Å²) in [4.78, 5) is 23.5. The van der Waals surface area contributed by atoms with Crippen LogP contribution in [0.1, 0.15) is 10.5 Å². The van der Waals surface area contributed by atoms with E-state index in [2.05, 4.69) is 17.2 Å². The number of halogens is 1. The van der Waals surface area contributed by atoms with Gasteiger partial charge in [0, 0.05) is 24.6 Å². The number of carbonyl (C=O) groups excluding carboxylic acids is 2. The third-order valence-corrected chi connectivity index (χ3v) is 2.98. The van der Waals surface area contributed by atoms with E-state index in [0.717, 1.165) is 0 Å². The van der Waals surface area contributed by atoms with Crippen LogP contribution in [0, 0.1) is 0 Å². The monoisotopic (exact) mass is 350 g/mol. The Bertz CT molecular complexity index is 725. The second kappa shape index (κ2) is 8.64. The van der Waals surface area contributed by atoms with Gasteiger partial charge in [-0.1, -0.05) is 12.7 Å². The van der Waals surface area contributed by atoms with Crippen LogP contribution in [0.3, 0.4) is 0 Å². The molecule has 24 heavy (non-hydrogen) atoms. The zero-order valence-corrected chi connectivity index (χ0v) is 13.9. The summed E-state index contributed by atoms with van der Waals surface area (Å²) in [7, 11) is 1.74. The van der Waals surface area contributed by atoms with Gasteiger partial charge in [-0.15, -0.1) is 12.4 Å². The molecule has 0 bridgehead atoms. The maximum atomic E-state index is 12.1. The number of aromatic nitrogens is 1. The first kappa shape index (κ1) is 19.1. The van der Waals surface area contributed by atoms with E-state index in [9.17, 15) is 9.59 Å². The summed E-state index contributed by atoms with van der Waals surface area (Å²) in [6.45, 7) is 3.60. The summed E-state index contributed by atoms with van der Waals surface area (Å²) in [6, 6.07) is 8.26. The van der Waals surface area contributed by atoms with Crippen LogP contribution in [0.25, 0.3) is 0 Å². The quantitative estimate of drug-likeness (QED) is 0.722. The highest BCUT2D eigenvalue weighted by Gasteiger charge is 2.11. The number of rotatable bonds is 5. The Morgan fingerprint density at radius 1 is 1.25 bits per heavy atom. The van der Waals surface area contributed by atoms with E-state index < -0.39 is 6.09 Å². The molecule has 0 aliphatic rings. The highest BCUT2D eigenvalue weighted by molar-refractivity contribution is 6.04. The van der Waals surface area contributed by atoms with Gasteiger partial charge in [0.05, 0.1) is 5.69 Å². The number of carbonyl (C=O) groups is 2. The minimum atomic E-state index is -0.569. The number of anilines is 3. The Kier molecular flexibility index (Phi) is 6.88. The van der Waals surface area contributed by atoms with Gasteiger partial charge >= 0.3 is 6.09 Å². The zero-order chi connectivity index (χ0) is 16.8. The Hall–Kier alpha value is -2.93. The van der Waals surface area contributed by atoms with Gasteiger partial charge in [-0.25, -0.2) is 4.79 Å². The van der Waals surface area contributed by atoms with E-state index in [4.69, 9.17) is 10.5 Å². The smallest absolute Gasteiger partial charge is 0.411 e. The van der Waals surface area contributed by atoms with Crippen molar-refractivity contribution in [3.63, 3.8) is 0 Å². The number of nitrogens with one attached hydrogen (secondary N) is 2. The van der Waals surface area contributed by atoms with Crippen molar-refractivity contribution in [2.45, 2.75) is 0 Å². The predicted octanol–water partition coefficient (Wildman–Crippen LogP) is 3.02. The van der Waals surface area contributed by atoms with Crippen molar-refractivity contribution in [1.29, 1.82) is 0 Å². The Morgan fingerprint density at radius 2 is 1.83 bits per heavy atom. The molecule has 7 nitrogen and oxygen atoms in total. The third-order valence-electron chi connectivity index (χ3n) is 2.98. The van der Waals surface area contributed by atoms with Crippen molar-refractivity contribution in [3.05, 3.63) is 54.9 Å². The lowest BCUT2D eigenvalue weighted by molar-refractivity contribution is 0.101. The number of benzene rings is 1. The molecule has 8 heteroatoms. The minimum Gasteiger partial charge on any atom is -0.445 e. The fraction of sp³-hybridized carbons (Fsp3) is 0.125. The second-order valence-corrected chi connectivity index (χ2v) is 4.81. The van der Waals surface area contributed by atoms with Gasteiger partial charge in [0.1, 0.15) is 12.3 Å². The molecule has 2 rings (SSSR count). The normalized spacial score (nSPS) is 9.54. The van der Waals surface area contributed by atoms with Gasteiger partial charge in [0.2, 0.25) is 0 Å². The fourth-order valence-electron chi connectivity index (χ4n) is 1.94. The maximum Gasteiger partial charge on any atom is 0.411 e. The summed E-state index contributed by atoms with van der Waals surface area (Å²) in [5.41, 5.74) is 7.78. The SMILES string of the molecule is C=CCOC(=O)Nc1ccc(NC(=O)c2cc(N)cn2C)cc1.Cl. The van der Waals surface area contributed by atoms with Crippen molar-refractivity contribution in [3.8, 4) is 0 Å². The topological polar surface area (TPSA) is 98.4 Å². The van der Waals surface area contributed by atoms with E-state index >= 15 is 0 Å². The number of nitrogen functional groups attached to an aromatic ring is 1. The molecule has 0 saturated heterocycles. The van der Waals surface area contributed by atoms with Crippen molar-refractivity contribution < 1.29 is 14.3 Å². The molecular formula is C16H19ClN4O3. The van der Waals surface area contributed by atoms with Crippen LogP contribution >= 0.6 is 12.4 Å². The van der Waals surface area contributed by atoms with Crippen molar-refractivity contribution in [2.24, 2.45) is 7.05 Å². The van der Waals surface area contributed by atoms with Crippen molar-refractivity contribution in [2.75, 3.05) is 23.0 Å². The van der Waals surface area contributed by atoms with Crippen LogP contribution in [0.15, 0.2) is 49.2 Å². The summed E-state index contributed by atoms with van der Waals surface area (Å²) in [5.74, 6) is -0.268. The van der Waals surface area contributed by atoms with E-state index in [1.54, 1.807) is 48.1 Å². The van der Waals surface area contributed by atoms with Crippen molar-refractivity contribution >= 4 is 41.5 Å². The molecule has 2 amide bonds. The molecule has 0 atom stereocenters. The molecule has 1 aromatic carbocycles. The number of nitrogens with zero attached hydrogens (tertiary/aromatic N) is 1. The van der Waals surface area contributed by atoms with Gasteiger partial charge in [0.25, 0.3) is 5.91 Å². The highest BCUT2D eigenvalue weighted by Crippen LogP contribution is 2.16. The van der Waals surface area contributed by atoms with Crippen LogP contribution in [0.2, 0.25) is 0 Å². The Balaban J connectivity index is 0.00000288. The summed E-state index contributed by atoms with van der Waals surface area (Å²) >= 11 is 0. The highest BCUT2D eigenvalue weighted by atomic mass is 35.5. The Morgan fingerprint density at radius 3 is 2.33 bits per heavy atom. The number of aryl methyl sites for hydroxylation is 1. The first-order valence-corrected chi connectivity index (χ1v) is 6.87. The lowest BCUT2D eigenvalue weighted by Crippen LogP contribution is -2.16. The van der Waals surface area contributed by atoms with Gasteiger partial charge in [-0.2, -0.15) is 0 Å². The molecule has 0 aliphatic heterocycles. The van der Waals surface area contributed by atoms with Crippen LogP contribution in [0.4, 0.5) is 21.9 Å². The molecule has 0 fully saturated rings. The second-order valence-electron chi connectivity index (χ2n) is 4.81. The van der Waals surface area contributed by atoms with Crippen LogP contribution in [-0.2, 0) is 11.8 Å². The molecule has 0 spiro atoms. The summed E-state index contributed by atoms with van der Waals surface area (Å²) in [5, 5.41) is 5.31. The van der Waals surface area contributed by atoms with E-state index in [-0.39, 0.29) is 24.9 Å². The molecule has 0 saturated carbocycles. The number of amides is 2. The van der Waals surface area contributed by atoms with E-state index in [0.29, 0.717) is 22.8 Å². The Labute approximate surface area is 145 Å². The van der Waals surface area contributed by atoms with Crippen LogP contribution < -0.4 is 16.4 Å². The van der Waals surface area contributed by atoms with Gasteiger partial charge < -0.3 is 20.4 Å². The number of nitrogens with two attached hydrogens (primary N) is 1. The van der Waals surface area contributed by atoms with Gasteiger partial charge in [-0.3, -0.25) is 10.1 Å². The first-order chi connectivity index (χ1) is 11.0. The molecule has 2 aromatic rings. The maximum absolute atomic E-state index is 12.1. The molecule has 0 aliphatic carbocycles. The standard InChI is InChI=1S/C16H18N4O3.ClH/c1-3-8-23-16(22)19-13-6-4-12(5-7-13)18-15(21)14-9-11(17)10-20(14)2;/h3-7,9-10H,1,8,17H2,2H3,(H,18,21)(H,19,22);1H. The summed E-state index contributed by atoms with van der Waals surface area (Å²) < 4.78 is 6.46. The van der Waals surface area contributed by atoms with Gasteiger partial charge in [-0.05, 0) is 30.3 Å². The lowest BCUT2D eigenvalue weighted by Gasteiger charge is -2.08. The largest absolute Gasteiger partial charge is 0.445 e. The lowest BCUT2D eigenvalue weighted by atomic mass is 10.2. The van der Waals surface area contributed by atoms with Crippen molar-refractivity contribution in [1.82, 2.24) is 4.57 Å². The number of ether oxygens (including phenoxy) is 1. The average molecular weight is 351 g/mol. The molecule has 4 N–H and O–H groups in total. The summed E-state index contributed by atoms with van der Waals surface area (Å²) in [6.07, 6.45) is 2.58. The van der Waals surface area contributed by atoms with E-state index in [1.165, 1.54) is 6.08 Å². The molecule has 0 unspecified atom stereocenters. The van der Waals surface area contributed by atoms with Gasteiger partial charge in [0.15, 0.2) is 0 Å². The minimum absolute atomic E-state index is 0. The third kappa shape index (κ3) is 5.06. The van der Waals surface area contributed by atoms with Crippen LogP contribution in [-0.4, -0.2) is 23.2 Å². The number of hydrogen-bond acceptors (Lipinski definition) is 4. The average Bonchev–Trinajstić information content (AvgIpc) is 2.86. The molecule has 1 aromatic heterocycles. The molecule has 1 heterocycles. The predicted molar refractivity (Wildman–Crippen MR) is 96.6 cm³/mol. The molecular weight excluding hydrogens is 332 g/mol. The zero-order valence-electron chi connectivity index (χ0n) is 13.1.